The van der Waals surface area contributed by atoms with Gasteiger partial charge in [0.05, 0.1) is 0 Å². The molecule has 0 aromatic rings. The summed E-state index contributed by atoms with van der Waals surface area (Å²) < 4.78 is 0. The standard InChI is InChI=1S/C8H14N2O/c9-8(11)10-7-5-3-1-2-4-6(5)7/h5-7H,1-4H2,(H3,9,10,11). The summed E-state index contributed by atoms with van der Waals surface area (Å²) in [4.78, 5) is 10.5. The van der Waals surface area contributed by atoms with Gasteiger partial charge >= 0.3 is 6.03 Å². The van der Waals surface area contributed by atoms with E-state index in [-0.39, 0.29) is 6.03 Å². The van der Waals surface area contributed by atoms with Gasteiger partial charge in [0.15, 0.2) is 0 Å². The maximum Gasteiger partial charge on any atom is 0.312 e. The van der Waals surface area contributed by atoms with Crippen LogP contribution in [0.1, 0.15) is 25.7 Å². The van der Waals surface area contributed by atoms with Gasteiger partial charge in [0.25, 0.3) is 0 Å². The predicted octanol–water partition coefficient (Wildman–Crippen LogP) is 0.843. The van der Waals surface area contributed by atoms with Gasteiger partial charge in [-0.1, -0.05) is 12.8 Å². The van der Waals surface area contributed by atoms with E-state index in [4.69, 9.17) is 5.73 Å². The van der Waals surface area contributed by atoms with Crippen LogP contribution in [0.15, 0.2) is 0 Å². The smallest absolute Gasteiger partial charge is 0.312 e. The molecule has 0 aliphatic heterocycles. The summed E-state index contributed by atoms with van der Waals surface area (Å²) in [6, 6.07) is 0.0689. The van der Waals surface area contributed by atoms with E-state index < -0.39 is 0 Å². The van der Waals surface area contributed by atoms with Crippen LogP contribution < -0.4 is 11.1 Å². The van der Waals surface area contributed by atoms with Gasteiger partial charge in [-0.3, -0.25) is 0 Å². The number of hydrogen-bond donors (Lipinski definition) is 2. The molecule has 2 unspecified atom stereocenters. The van der Waals surface area contributed by atoms with Crippen molar-refractivity contribution in [3.63, 3.8) is 0 Å². The molecule has 0 bridgehead atoms. The van der Waals surface area contributed by atoms with Gasteiger partial charge in [-0.05, 0) is 24.7 Å². The van der Waals surface area contributed by atoms with Gasteiger partial charge in [0, 0.05) is 6.04 Å². The molecule has 2 amide bonds. The van der Waals surface area contributed by atoms with Gasteiger partial charge in [-0.2, -0.15) is 0 Å². The number of fused-ring (bicyclic) bond motifs is 1. The first-order valence-corrected chi connectivity index (χ1v) is 4.35. The minimum atomic E-state index is -0.357. The Morgan fingerprint density at radius 1 is 1.27 bits per heavy atom. The van der Waals surface area contributed by atoms with Crippen molar-refractivity contribution in [1.82, 2.24) is 5.32 Å². The number of primary amides is 1. The van der Waals surface area contributed by atoms with Crippen LogP contribution in [0, 0.1) is 11.8 Å². The van der Waals surface area contributed by atoms with Crippen molar-refractivity contribution >= 4 is 6.03 Å². The Morgan fingerprint density at radius 2 is 1.82 bits per heavy atom. The summed E-state index contributed by atoms with van der Waals surface area (Å²) in [5.41, 5.74) is 5.04. The fourth-order valence-electron chi connectivity index (χ4n) is 2.37. The molecule has 0 spiro atoms. The first-order valence-electron chi connectivity index (χ1n) is 4.35. The van der Waals surface area contributed by atoms with Crippen LogP contribution in [-0.2, 0) is 0 Å². The average Bonchev–Trinajstić information content (AvgIpc) is 2.64. The molecule has 2 rings (SSSR count). The van der Waals surface area contributed by atoms with Crippen molar-refractivity contribution in [2.45, 2.75) is 31.7 Å². The molecular formula is C8H14N2O. The third-order valence-corrected chi connectivity index (χ3v) is 2.97. The van der Waals surface area contributed by atoms with E-state index in [1.54, 1.807) is 0 Å². The third kappa shape index (κ3) is 1.19. The molecule has 3 N–H and O–H groups in total. The van der Waals surface area contributed by atoms with Crippen LogP contribution in [-0.4, -0.2) is 12.1 Å². The lowest BCUT2D eigenvalue weighted by Crippen LogP contribution is -2.32. The Balaban J connectivity index is 1.85. The molecule has 0 aromatic heterocycles. The van der Waals surface area contributed by atoms with Crippen molar-refractivity contribution in [1.29, 1.82) is 0 Å². The van der Waals surface area contributed by atoms with Gasteiger partial charge in [0.2, 0.25) is 0 Å². The van der Waals surface area contributed by atoms with Crippen molar-refractivity contribution in [2.75, 3.05) is 0 Å². The summed E-state index contributed by atoms with van der Waals surface area (Å²) in [6.45, 7) is 0. The highest BCUT2D eigenvalue weighted by Gasteiger charge is 2.51. The highest BCUT2D eigenvalue weighted by Crippen LogP contribution is 2.49. The largest absolute Gasteiger partial charge is 0.352 e. The maximum atomic E-state index is 10.5. The number of nitrogens with one attached hydrogen (secondary N) is 1. The summed E-state index contributed by atoms with van der Waals surface area (Å²) in [5.74, 6) is 1.52. The van der Waals surface area contributed by atoms with E-state index in [9.17, 15) is 4.79 Å². The number of carbonyl (C=O) groups excluding carboxylic acids is 1. The minimum Gasteiger partial charge on any atom is -0.352 e. The van der Waals surface area contributed by atoms with E-state index in [0.717, 1.165) is 11.8 Å². The zero-order valence-corrected chi connectivity index (χ0v) is 6.55. The van der Waals surface area contributed by atoms with Crippen LogP contribution in [0.25, 0.3) is 0 Å². The lowest BCUT2D eigenvalue weighted by molar-refractivity contribution is 0.247. The Labute approximate surface area is 66.3 Å². The van der Waals surface area contributed by atoms with Gasteiger partial charge in [-0.25, -0.2) is 4.79 Å². The Bertz CT molecular complexity index is 169. The molecule has 2 atom stereocenters. The molecule has 0 heterocycles. The first kappa shape index (κ1) is 6.95. The summed E-state index contributed by atoms with van der Waals surface area (Å²) in [6.07, 6.45) is 5.24. The number of rotatable bonds is 1. The predicted molar refractivity (Wildman–Crippen MR) is 42.0 cm³/mol. The van der Waals surface area contributed by atoms with E-state index in [2.05, 4.69) is 5.32 Å². The molecule has 2 aliphatic carbocycles. The Kier molecular flexibility index (Phi) is 1.51. The molecule has 3 nitrogen and oxygen atoms in total. The normalized spacial score (nSPS) is 40.9. The number of amides is 2. The van der Waals surface area contributed by atoms with Gasteiger partial charge < -0.3 is 11.1 Å². The second kappa shape index (κ2) is 2.40. The van der Waals surface area contributed by atoms with Crippen LogP contribution in [0.4, 0.5) is 4.79 Å². The summed E-state index contributed by atoms with van der Waals surface area (Å²) in [5, 5.41) is 2.80. The fraction of sp³-hybridized carbons (Fsp3) is 0.875. The van der Waals surface area contributed by atoms with E-state index >= 15 is 0 Å². The average molecular weight is 154 g/mol. The van der Waals surface area contributed by atoms with Gasteiger partial charge in [0.1, 0.15) is 0 Å². The fourth-order valence-corrected chi connectivity index (χ4v) is 2.37. The summed E-state index contributed by atoms with van der Waals surface area (Å²) in [7, 11) is 0. The Hall–Kier alpha value is -0.730. The maximum absolute atomic E-state index is 10.5. The molecule has 2 aliphatic rings. The third-order valence-electron chi connectivity index (χ3n) is 2.97. The Morgan fingerprint density at radius 3 is 2.27 bits per heavy atom. The quantitative estimate of drug-likeness (QED) is 0.577. The highest BCUT2D eigenvalue weighted by atomic mass is 16.2. The molecule has 3 heteroatoms. The van der Waals surface area contributed by atoms with E-state index in [1.807, 2.05) is 0 Å². The molecule has 2 saturated carbocycles. The van der Waals surface area contributed by atoms with Crippen molar-refractivity contribution < 1.29 is 4.79 Å². The first-order chi connectivity index (χ1) is 5.29. The molecule has 62 valence electrons. The lowest BCUT2D eigenvalue weighted by atomic mass is 10.0. The second-order valence-corrected chi connectivity index (χ2v) is 3.65. The summed E-state index contributed by atoms with van der Waals surface area (Å²) >= 11 is 0. The van der Waals surface area contributed by atoms with Crippen molar-refractivity contribution in [3.8, 4) is 0 Å². The van der Waals surface area contributed by atoms with Crippen LogP contribution in [0.2, 0.25) is 0 Å². The molecule has 0 saturated heterocycles. The second-order valence-electron chi connectivity index (χ2n) is 3.65. The van der Waals surface area contributed by atoms with Crippen LogP contribution in [0.5, 0.6) is 0 Å². The van der Waals surface area contributed by atoms with Gasteiger partial charge in [-0.15, -0.1) is 0 Å². The SMILES string of the molecule is NC(=O)NC1C2CCCCC21. The topological polar surface area (TPSA) is 55.1 Å². The monoisotopic (exact) mass is 154 g/mol. The number of nitrogens with two attached hydrogens (primary N) is 1. The molecular weight excluding hydrogens is 140 g/mol. The molecule has 0 radical (unpaired) electrons. The minimum absolute atomic E-state index is 0.357. The van der Waals surface area contributed by atoms with E-state index in [0.29, 0.717) is 6.04 Å². The molecule has 0 aromatic carbocycles. The number of carbonyl (C=O) groups is 1. The molecule has 2 fully saturated rings. The van der Waals surface area contributed by atoms with Crippen LogP contribution in [0.3, 0.4) is 0 Å². The number of urea groups is 1. The lowest BCUT2D eigenvalue weighted by Gasteiger charge is -2.04. The van der Waals surface area contributed by atoms with Crippen molar-refractivity contribution in [3.05, 3.63) is 0 Å². The zero-order valence-electron chi connectivity index (χ0n) is 6.55. The van der Waals surface area contributed by atoms with Crippen molar-refractivity contribution in [2.24, 2.45) is 17.6 Å². The van der Waals surface area contributed by atoms with Crippen LogP contribution >= 0.6 is 0 Å². The highest BCUT2D eigenvalue weighted by molar-refractivity contribution is 5.72. The number of hydrogen-bond acceptors (Lipinski definition) is 1. The van der Waals surface area contributed by atoms with E-state index in [1.165, 1.54) is 25.7 Å². The zero-order chi connectivity index (χ0) is 7.84. The molecule has 11 heavy (non-hydrogen) atoms.